The Kier molecular flexibility index (Phi) is 12.5. The van der Waals surface area contributed by atoms with Crippen LogP contribution in [0.15, 0.2) is 51.2 Å². The van der Waals surface area contributed by atoms with Crippen molar-refractivity contribution < 1.29 is 39.3 Å². The molecule has 0 saturated carbocycles. The zero-order valence-electron chi connectivity index (χ0n) is 24.0. The number of rotatable bonds is 0. The Bertz CT molecular complexity index is 1220. The third-order valence-corrected chi connectivity index (χ3v) is 6.49. The summed E-state index contributed by atoms with van der Waals surface area (Å²) in [7, 11) is 0. The van der Waals surface area contributed by atoms with Gasteiger partial charge in [-0.3, -0.25) is 24.0 Å². The highest BCUT2D eigenvalue weighted by Gasteiger charge is 2.24. The van der Waals surface area contributed by atoms with E-state index in [2.05, 4.69) is 0 Å². The molecule has 1 aromatic carbocycles. The second-order valence-electron chi connectivity index (χ2n) is 9.26. The summed E-state index contributed by atoms with van der Waals surface area (Å²) in [4.78, 5) is 54.1. The molecule has 0 bridgehead atoms. The molecule has 0 aliphatic heterocycles. The Balaban J connectivity index is 0.000000505. The molecule has 0 aromatic heterocycles. The van der Waals surface area contributed by atoms with Crippen LogP contribution in [0.2, 0.25) is 0 Å². The zero-order chi connectivity index (χ0) is 30.2. The first-order chi connectivity index (χ1) is 17.3. The fourth-order valence-corrected chi connectivity index (χ4v) is 3.31. The first kappa shape index (κ1) is 33.9. The van der Waals surface area contributed by atoms with Crippen LogP contribution in [0.1, 0.15) is 72.1 Å². The van der Waals surface area contributed by atoms with Gasteiger partial charge in [0.15, 0.2) is 23.1 Å². The number of ketones is 4. The fourth-order valence-electron chi connectivity index (χ4n) is 3.31. The molecule has 0 spiro atoms. The second kappa shape index (κ2) is 14.0. The average molecular weight is 527 g/mol. The summed E-state index contributed by atoms with van der Waals surface area (Å²) in [5, 5.41) is 26.1. The minimum absolute atomic E-state index is 0.00426. The van der Waals surface area contributed by atoms with Crippen LogP contribution in [0, 0.1) is 20.8 Å². The van der Waals surface area contributed by atoms with Crippen LogP contribution in [0.4, 0.5) is 0 Å². The number of benzene rings is 1. The molecule has 1 aromatic rings. The molecule has 0 saturated heterocycles. The van der Waals surface area contributed by atoms with Gasteiger partial charge in [-0.15, -0.1) is 0 Å². The zero-order valence-corrected chi connectivity index (χ0v) is 24.0. The Morgan fingerprint density at radius 3 is 1.32 bits per heavy atom. The summed E-state index contributed by atoms with van der Waals surface area (Å²) in [6.07, 6.45) is 1.39. The fraction of sp³-hybridized carbons (Fsp3) is 0.367. The molecule has 38 heavy (non-hydrogen) atoms. The van der Waals surface area contributed by atoms with Gasteiger partial charge in [0, 0.05) is 45.9 Å². The first-order valence-electron chi connectivity index (χ1n) is 11.8. The van der Waals surface area contributed by atoms with E-state index in [9.17, 15) is 29.4 Å². The molecule has 0 unspecified atom stereocenters. The molecule has 2 aliphatic rings. The number of hydrogen-bond acceptors (Lipinski definition) is 7. The number of phenolic OH excluding ortho intramolecular Hbond substituents is 2. The maximum atomic E-state index is 11.4. The third-order valence-electron chi connectivity index (χ3n) is 6.49. The first-order valence-corrected chi connectivity index (χ1v) is 11.8. The molecule has 206 valence electrons. The van der Waals surface area contributed by atoms with Crippen LogP contribution in [0.25, 0.3) is 0 Å². The van der Waals surface area contributed by atoms with Crippen LogP contribution < -0.4 is 0 Å². The van der Waals surface area contributed by atoms with Gasteiger partial charge in [-0.05, 0) is 98.1 Å². The van der Waals surface area contributed by atoms with E-state index >= 15 is 0 Å². The van der Waals surface area contributed by atoms with E-state index in [0.29, 0.717) is 44.6 Å². The van der Waals surface area contributed by atoms with Crippen molar-refractivity contribution in [2.45, 2.75) is 76.2 Å². The minimum atomic E-state index is -0.833. The number of Topliss-reactive ketones (excluding diaryl/α,β-unsaturated/α-hetero) is 3. The summed E-state index contributed by atoms with van der Waals surface area (Å²) in [5.41, 5.74) is 6.24. The van der Waals surface area contributed by atoms with Crippen molar-refractivity contribution in [1.82, 2.24) is 0 Å². The van der Waals surface area contributed by atoms with Crippen molar-refractivity contribution in [2.75, 3.05) is 0 Å². The van der Waals surface area contributed by atoms with Gasteiger partial charge in [-0.2, -0.15) is 0 Å². The highest BCUT2D eigenvalue weighted by molar-refractivity contribution is 6.24. The van der Waals surface area contributed by atoms with Crippen LogP contribution in [0.5, 0.6) is 11.5 Å². The maximum Gasteiger partial charge on any atom is 0.300 e. The topological polar surface area (TPSA) is 146 Å². The maximum absolute atomic E-state index is 11.4. The van der Waals surface area contributed by atoms with E-state index in [4.69, 9.17) is 9.90 Å². The van der Waals surface area contributed by atoms with Crippen LogP contribution >= 0.6 is 0 Å². The number of carbonyl (C=O) groups excluding carboxylic acids is 4. The summed E-state index contributed by atoms with van der Waals surface area (Å²) in [6.45, 7) is 18.2. The average Bonchev–Trinajstić information content (AvgIpc) is 2.85. The normalized spacial score (nSPS) is 15.2. The molecule has 0 amide bonds. The second-order valence-corrected chi connectivity index (χ2v) is 9.26. The molecule has 0 atom stereocenters. The summed E-state index contributed by atoms with van der Waals surface area (Å²) < 4.78 is 0. The van der Waals surface area contributed by atoms with Gasteiger partial charge in [0.05, 0.1) is 0 Å². The van der Waals surface area contributed by atoms with Crippen molar-refractivity contribution in [3.63, 3.8) is 0 Å². The predicted octanol–water partition coefficient (Wildman–Crippen LogP) is 5.35. The number of allylic oxidation sites excluding steroid dienone is 8. The number of carbonyl (C=O) groups is 5. The Hall–Kier alpha value is -4.07. The van der Waals surface area contributed by atoms with Gasteiger partial charge in [0.2, 0.25) is 0 Å². The predicted molar refractivity (Wildman–Crippen MR) is 146 cm³/mol. The van der Waals surface area contributed by atoms with Crippen LogP contribution in [0.3, 0.4) is 0 Å². The molecule has 0 heterocycles. The van der Waals surface area contributed by atoms with Crippen LogP contribution in [-0.2, 0) is 24.0 Å². The van der Waals surface area contributed by atoms with E-state index in [-0.39, 0.29) is 34.6 Å². The highest BCUT2D eigenvalue weighted by atomic mass is 16.4. The highest BCUT2D eigenvalue weighted by Crippen LogP contribution is 2.30. The Labute approximate surface area is 224 Å². The van der Waals surface area contributed by atoms with E-state index in [1.54, 1.807) is 75.3 Å². The van der Waals surface area contributed by atoms with E-state index in [1.807, 2.05) is 0 Å². The van der Waals surface area contributed by atoms with Gasteiger partial charge in [-0.1, -0.05) is 0 Å². The standard InChI is InChI=1S/C10H12O2.C9H12O2.C9H10O2.C2H4O2/c1-5-6(2)10(12)8(4)7(3)9(5)11;2*1-5-4-8(10)6(2)7(3)9(5)11;1-2(3)4/h1-4H3;4,10-11H,1-3H3;4H,1-3H3;1H3,(H,3,4). The number of aromatic hydroxyl groups is 2. The van der Waals surface area contributed by atoms with Crippen molar-refractivity contribution in [2.24, 2.45) is 0 Å². The number of aliphatic carboxylic acids is 1. The lowest BCUT2D eigenvalue weighted by molar-refractivity contribution is -0.134. The van der Waals surface area contributed by atoms with Crippen molar-refractivity contribution in [3.05, 3.63) is 67.8 Å². The summed E-state index contributed by atoms with van der Waals surface area (Å²) in [5.74, 6) is -0.353. The molecular formula is C30H38O8. The van der Waals surface area contributed by atoms with Gasteiger partial charge < -0.3 is 15.3 Å². The molecule has 8 heteroatoms. The lowest BCUT2D eigenvalue weighted by Gasteiger charge is -2.15. The van der Waals surface area contributed by atoms with Gasteiger partial charge in [-0.25, -0.2) is 0 Å². The molecule has 3 rings (SSSR count). The summed E-state index contributed by atoms with van der Waals surface area (Å²) in [6, 6.07) is 1.57. The summed E-state index contributed by atoms with van der Waals surface area (Å²) >= 11 is 0. The Morgan fingerprint density at radius 1 is 0.605 bits per heavy atom. The van der Waals surface area contributed by atoms with Crippen molar-refractivity contribution >= 4 is 29.1 Å². The molecular weight excluding hydrogens is 488 g/mol. The molecule has 8 nitrogen and oxygen atoms in total. The molecule has 3 N–H and O–H groups in total. The number of hydrogen-bond donors (Lipinski definition) is 3. The number of phenols is 2. The van der Waals surface area contributed by atoms with E-state index in [1.165, 1.54) is 6.08 Å². The largest absolute Gasteiger partial charge is 0.508 e. The molecule has 2 aliphatic carbocycles. The van der Waals surface area contributed by atoms with Crippen molar-refractivity contribution in [1.29, 1.82) is 0 Å². The number of aryl methyl sites for hydroxylation is 1. The Morgan fingerprint density at radius 2 is 0.947 bits per heavy atom. The lowest BCUT2D eigenvalue weighted by atomic mass is 9.87. The molecule has 0 radical (unpaired) electrons. The van der Waals surface area contributed by atoms with Gasteiger partial charge in [0.1, 0.15) is 11.5 Å². The smallest absolute Gasteiger partial charge is 0.300 e. The monoisotopic (exact) mass is 526 g/mol. The molecule has 0 fully saturated rings. The minimum Gasteiger partial charge on any atom is -0.508 e. The number of carboxylic acid groups (broad SMARTS) is 1. The van der Waals surface area contributed by atoms with E-state index < -0.39 is 5.97 Å². The van der Waals surface area contributed by atoms with Gasteiger partial charge >= 0.3 is 0 Å². The number of carboxylic acids is 1. The van der Waals surface area contributed by atoms with Gasteiger partial charge in [0.25, 0.3) is 5.97 Å². The van der Waals surface area contributed by atoms with E-state index in [0.717, 1.165) is 18.1 Å². The van der Waals surface area contributed by atoms with Crippen molar-refractivity contribution in [3.8, 4) is 11.5 Å². The third kappa shape index (κ3) is 8.50. The lowest BCUT2D eigenvalue weighted by Crippen LogP contribution is -2.18. The van der Waals surface area contributed by atoms with Crippen LogP contribution in [-0.4, -0.2) is 44.4 Å². The SMILES string of the molecule is CC(=O)O.CC1=C(C)C(=O)C(C)=C(C)C1=O.CC1=CC(=O)C(C)=C(C)C1=O.Cc1cc(O)c(C)c(C)c1O. The quantitative estimate of drug-likeness (QED) is 0.303.